The number of hydrogen-bond acceptors (Lipinski definition) is 0. The van der Waals surface area contributed by atoms with E-state index in [4.69, 9.17) is 23.2 Å². The van der Waals surface area contributed by atoms with Crippen LogP contribution in [0.1, 0.15) is 26.3 Å². The minimum absolute atomic E-state index is 0.0407. The molecule has 1 aromatic rings. The summed E-state index contributed by atoms with van der Waals surface area (Å²) >= 11 is 11.5. The van der Waals surface area contributed by atoms with Crippen LogP contribution >= 0.6 is 23.2 Å². The topological polar surface area (TPSA) is 19.9 Å². The molecule has 1 nitrogen and oxygen atoms in total. The second kappa shape index (κ2) is 3.39. The molecule has 0 spiro atoms. The van der Waals surface area contributed by atoms with Crippen molar-refractivity contribution in [3.05, 3.63) is 27.7 Å². The van der Waals surface area contributed by atoms with Gasteiger partial charge in [0, 0.05) is 0 Å². The minimum Gasteiger partial charge on any atom is -0.287 e. The third-order valence-electron chi connectivity index (χ3n) is 1.86. The van der Waals surface area contributed by atoms with Gasteiger partial charge in [0.05, 0.1) is 10.0 Å². The first-order valence-electron chi connectivity index (χ1n) is 3.99. The molecular weight excluding hydrogens is 207 g/mol. The molecule has 1 aromatic carbocycles. The highest BCUT2D eigenvalue weighted by molar-refractivity contribution is 6.37. The molecule has 0 fully saturated rings. The highest BCUT2D eigenvalue weighted by Crippen LogP contribution is 2.36. The summed E-state index contributed by atoms with van der Waals surface area (Å²) in [6.45, 7) is 6.12. The molecule has 0 aliphatic heterocycles. The Morgan fingerprint density at radius 1 is 1.08 bits per heavy atom. The van der Waals surface area contributed by atoms with E-state index in [0.717, 1.165) is 5.56 Å². The lowest BCUT2D eigenvalue weighted by Gasteiger charge is -2.19. The van der Waals surface area contributed by atoms with Crippen LogP contribution < -0.4 is 0 Å². The minimum atomic E-state index is -0.295. The lowest BCUT2D eigenvalue weighted by Crippen LogP contribution is -2.10. The van der Waals surface area contributed by atoms with Gasteiger partial charge < -0.3 is 0 Å². The second-order valence-corrected chi connectivity index (χ2v) is 4.83. The van der Waals surface area contributed by atoms with E-state index < -0.39 is 0 Å². The van der Waals surface area contributed by atoms with Gasteiger partial charge >= 0.3 is 0 Å². The maximum atomic E-state index is 11.2. The summed E-state index contributed by atoms with van der Waals surface area (Å²) in [7, 11) is 0. The van der Waals surface area contributed by atoms with Crippen molar-refractivity contribution in [1.82, 2.24) is 0 Å². The molecule has 1 radical (unpaired) electrons. The Balaban J connectivity index is 3.29. The summed E-state index contributed by atoms with van der Waals surface area (Å²) in [4.78, 5) is 0. The van der Waals surface area contributed by atoms with Crippen LogP contribution in [0.25, 0.3) is 0 Å². The molecule has 0 heterocycles. The molecule has 13 heavy (non-hydrogen) atoms. The van der Waals surface area contributed by atoms with Crippen LogP contribution in [0.4, 0.5) is 0 Å². The van der Waals surface area contributed by atoms with Gasteiger partial charge in [0.25, 0.3) is 0 Å². The summed E-state index contributed by atoms with van der Waals surface area (Å²) in [5, 5.41) is 11.6. The summed E-state index contributed by atoms with van der Waals surface area (Å²) < 4.78 is 0. The summed E-state index contributed by atoms with van der Waals surface area (Å²) in [6.07, 6.45) is 0. The van der Waals surface area contributed by atoms with Crippen molar-refractivity contribution in [3.8, 4) is 5.75 Å². The predicted molar refractivity (Wildman–Crippen MR) is 55.3 cm³/mol. The first-order valence-corrected chi connectivity index (χ1v) is 4.74. The van der Waals surface area contributed by atoms with E-state index in [0.29, 0.717) is 0 Å². The van der Waals surface area contributed by atoms with Gasteiger partial charge in [-0.25, -0.2) is 0 Å². The standard InChI is InChI=1S/C10H11Cl2O/c1-10(2,3)6-4-7(11)9(13)8(12)5-6/h4-5H,1-3H3. The molecule has 0 atom stereocenters. The summed E-state index contributed by atoms with van der Waals surface area (Å²) in [6, 6.07) is 3.35. The molecule has 0 aliphatic carbocycles. The van der Waals surface area contributed by atoms with E-state index in [-0.39, 0.29) is 21.2 Å². The van der Waals surface area contributed by atoms with Crippen molar-refractivity contribution >= 4 is 23.2 Å². The molecule has 3 heteroatoms. The molecule has 0 N–H and O–H groups in total. The van der Waals surface area contributed by atoms with E-state index in [1.165, 1.54) is 0 Å². The summed E-state index contributed by atoms with van der Waals surface area (Å²) in [5.41, 5.74) is 0.933. The van der Waals surface area contributed by atoms with Crippen molar-refractivity contribution in [2.75, 3.05) is 0 Å². The number of hydrogen-bond donors (Lipinski definition) is 0. The van der Waals surface area contributed by atoms with E-state index in [9.17, 15) is 5.11 Å². The number of halogens is 2. The number of rotatable bonds is 0. The Morgan fingerprint density at radius 3 is 1.77 bits per heavy atom. The van der Waals surface area contributed by atoms with Gasteiger partial charge in [-0.2, -0.15) is 0 Å². The smallest absolute Gasteiger partial charge is 0.215 e. The normalized spacial score (nSPS) is 11.8. The van der Waals surface area contributed by atoms with E-state index in [1.54, 1.807) is 12.1 Å². The van der Waals surface area contributed by atoms with Gasteiger partial charge in [-0.1, -0.05) is 44.0 Å². The van der Waals surface area contributed by atoms with Crippen molar-refractivity contribution in [2.24, 2.45) is 0 Å². The lowest BCUT2D eigenvalue weighted by molar-refractivity contribution is 0.355. The molecule has 1 rings (SSSR count). The SMILES string of the molecule is CC(C)(C)c1cc(Cl)c([O])c(Cl)c1. The summed E-state index contributed by atoms with van der Waals surface area (Å²) in [5.74, 6) is -0.295. The second-order valence-electron chi connectivity index (χ2n) is 4.02. The average molecular weight is 218 g/mol. The zero-order chi connectivity index (χ0) is 10.2. The lowest BCUT2D eigenvalue weighted by atomic mass is 9.87. The Morgan fingerprint density at radius 2 is 1.46 bits per heavy atom. The zero-order valence-corrected chi connectivity index (χ0v) is 9.33. The van der Waals surface area contributed by atoms with Crippen LogP contribution in [-0.4, -0.2) is 0 Å². The number of benzene rings is 1. The van der Waals surface area contributed by atoms with E-state index >= 15 is 0 Å². The first kappa shape index (κ1) is 10.7. The van der Waals surface area contributed by atoms with Crippen LogP contribution in [0.3, 0.4) is 0 Å². The molecular formula is C10H11Cl2O. The molecule has 0 unspecified atom stereocenters. The monoisotopic (exact) mass is 217 g/mol. The fourth-order valence-electron chi connectivity index (χ4n) is 0.993. The average Bonchev–Trinajstić information content (AvgIpc) is 1.97. The third-order valence-corrected chi connectivity index (χ3v) is 2.43. The predicted octanol–water partition coefficient (Wildman–Crippen LogP) is 4.43. The third kappa shape index (κ3) is 2.29. The van der Waals surface area contributed by atoms with Gasteiger partial charge in [0.2, 0.25) is 5.75 Å². The maximum absolute atomic E-state index is 11.2. The van der Waals surface area contributed by atoms with Gasteiger partial charge in [-0.15, -0.1) is 0 Å². The molecule has 0 amide bonds. The van der Waals surface area contributed by atoms with Gasteiger partial charge in [-0.05, 0) is 23.1 Å². The fraction of sp³-hybridized carbons (Fsp3) is 0.400. The van der Waals surface area contributed by atoms with E-state index in [2.05, 4.69) is 0 Å². The largest absolute Gasteiger partial charge is 0.287 e. The zero-order valence-electron chi connectivity index (χ0n) is 7.82. The Bertz CT molecular complexity index is 303. The fourth-order valence-corrected chi connectivity index (χ4v) is 1.48. The van der Waals surface area contributed by atoms with Crippen LogP contribution in [-0.2, 0) is 10.5 Å². The highest BCUT2D eigenvalue weighted by Gasteiger charge is 2.17. The van der Waals surface area contributed by atoms with Gasteiger partial charge in [-0.3, -0.25) is 5.11 Å². The van der Waals surface area contributed by atoms with Gasteiger partial charge in [0.1, 0.15) is 0 Å². The van der Waals surface area contributed by atoms with Crippen LogP contribution in [0.2, 0.25) is 10.0 Å². The Hall–Kier alpha value is -0.400. The Labute approximate surface area is 88.3 Å². The Kier molecular flexibility index (Phi) is 2.79. The molecule has 0 aliphatic rings. The van der Waals surface area contributed by atoms with Crippen molar-refractivity contribution in [3.63, 3.8) is 0 Å². The molecule has 0 saturated carbocycles. The maximum Gasteiger partial charge on any atom is 0.215 e. The van der Waals surface area contributed by atoms with Crippen molar-refractivity contribution in [2.45, 2.75) is 26.2 Å². The first-order chi connectivity index (χ1) is 5.82. The molecule has 71 valence electrons. The molecule has 0 aromatic heterocycles. The van der Waals surface area contributed by atoms with Crippen LogP contribution in [0.5, 0.6) is 5.75 Å². The van der Waals surface area contributed by atoms with E-state index in [1.807, 2.05) is 20.8 Å². The molecule has 0 bridgehead atoms. The van der Waals surface area contributed by atoms with Crippen LogP contribution in [0.15, 0.2) is 12.1 Å². The molecule has 0 saturated heterocycles. The quantitative estimate of drug-likeness (QED) is 0.613. The van der Waals surface area contributed by atoms with Crippen molar-refractivity contribution in [1.29, 1.82) is 0 Å². The van der Waals surface area contributed by atoms with Crippen molar-refractivity contribution < 1.29 is 5.11 Å². The van der Waals surface area contributed by atoms with Crippen LogP contribution in [0, 0.1) is 0 Å². The van der Waals surface area contributed by atoms with Gasteiger partial charge in [0.15, 0.2) is 0 Å². The highest BCUT2D eigenvalue weighted by atomic mass is 35.5.